The van der Waals surface area contributed by atoms with Crippen LogP contribution < -0.4 is 11.1 Å². The van der Waals surface area contributed by atoms with Crippen molar-refractivity contribution in [2.75, 3.05) is 12.4 Å². The Kier molecular flexibility index (Phi) is 3.64. The molecule has 1 aliphatic rings. The number of urea groups is 1. The lowest BCUT2D eigenvalue weighted by Crippen LogP contribution is -2.43. The molecule has 4 heteroatoms. The molecule has 1 aromatic carbocycles. The van der Waals surface area contributed by atoms with Gasteiger partial charge in [-0.15, -0.1) is 0 Å². The smallest absolute Gasteiger partial charge is 0.321 e. The second kappa shape index (κ2) is 5.19. The van der Waals surface area contributed by atoms with Crippen LogP contribution in [0, 0.1) is 0 Å². The fourth-order valence-electron chi connectivity index (χ4n) is 1.88. The highest BCUT2D eigenvalue weighted by atomic mass is 16.2. The second-order valence-electron chi connectivity index (χ2n) is 4.53. The highest BCUT2D eigenvalue weighted by Crippen LogP contribution is 2.24. The van der Waals surface area contributed by atoms with E-state index in [1.165, 1.54) is 6.42 Å². The third-order valence-electron chi connectivity index (χ3n) is 3.38. The zero-order valence-electron chi connectivity index (χ0n) is 10.1. The van der Waals surface area contributed by atoms with E-state index in [1.807, 2.05) is 31.3 Å². The molecule has 0 aromatic heterocycles. The first-order valence-electron chi connectivity index (χ1n) is 6.03. The molecule has 0 atom stereocenters. The van der Waals surface area contributed by atoms with Gasteiger partial charge in [-0.3, -0.25) is 0 Å². The topological polar surface area (TPSA) is 58.4 Å². The standard InChI is InChI=1S/C13H19N3O/c1-16(12-3-2-4-12)13(17)15-11-7-5-10(9-14)6-8-11/h5-8,12H,2-4,9,14H2,1H3,(H,15,17). The van der Waals surface area contributed by atoms with Crippen LogP contribution >= 0.6 is 0 Å². The quantitative estimate of drug-likeness (QED) is 0.840. The van der Waals surface area contributed by atoms with Crippen molar-refractivity contribution >= 4 is 11.7 Å². The first-order valence-corrected chi connectivity index (χ1v) is 6.03. The fourth-order valence-corrected chi connectivity index (χ4v) is 1.88. The maximum Gasteiger partial charge on any atom is 0.321 e. The van der Waals surface area contributed by atoms with Gasteiger partial charge in [0.2, 0.25) is 0 Å². The first kappa shape index (κ1) is 11.9. The van der Waals surface area contributed by atoms with Crippen molar-refractivity contribution in [3.05, 3.63) is 29.8 Å². The molecular formula is C13H19N3O. The number of rotatable bonds is 3. The largest absolute Gasteiger partial charge is 0.326 e. The van der Waals surface area contributed by atoms with Gasteiger partial charge in [0, 0.05) is 25.3 Å². The van der Waals surface area contributed by atoms with Gasteiger partial charge in [0.05, 0.1) is 0 Å². The third-order valence-corrected chi connectivity index (χ3v) is 3.38. The summed E-state index contributed by atoms with van der Waals surface area (Å²) in [5.41, 5.74) is 7.40. The van der Waals surface area contributed by atoms with Gasteiger partial charge in [-0.05, 0) is 37.0 Å². The Labute approximate surface area is 102 Å². The Morgan fingerprint density at radius 3 is 2.53 bits per heavy atom. The van der Waals surface area contributed by atoms with Gasteiger partial charge in [-0.25, -0.2) is 4.79 Å². The average molecular weight is 233 g/mol. The van der Waals surface area contributed by atoms with Gasteiger partial charge in [0.25, 0.3) is 0 Å². The monoisotopic (exact) mass is 233 g/mol. The summed E-state index contributed by atoms with van der Waals surface area (Å²) in [6, 6.07) is 8.01. The van der Waals surface area contributed by atoms with E-state index in [1.54, 1.807) is 4.90 Å². The van der Waals surface area contributed by atoms with Gasteiger partial charge in [-0.1, -0.05) is 12.1 Å². The van der Waals surface area contributed by atoms with Crippen LogP contribution in [0.3, 0.4) is 0 Å². The number of carbonyl (C=O) groups excluding carboxylic acids is 1. The van der Waals surface area contributed by atoms with E-state index in [0.29, 0.717) is 12.6 Å². The van der Waals surface area contributed by atoms with Crippen LogP contribution in [-0.4, -0.2) is 24.0 Å². The van der Waals surface area contributed by atoms with Crippen molar-refractivity contribution in [2.45, 2.75) is 31.8 Å². The Morgan fingerprint density at radius 1 is 1.41 bits per heavy atom. The van der Waals surface area contributed by atoms with Gasteiger partial charge in [0.1, 0.15) is 0 Å². The molecule has 2 amide bonds. The maximum absolute atomic E-state index is 11.9. The zero-order valence-corrected chi connectivity index (χ0v) is 10.1. The number of nitrogens with zero attached hydrogens (tertiary/aromatic N) is 1. The van der Waals surface area contributed by atoms with Crippen LogP contribution in [0.15, 0.2) is 24.3 Å². The Hall–Kier alpha value is -1.55. The SMILES string of the molecule is CN(C(=O)Nc1ccc(CN)cc1)C1CCC1. The lowest BCUT2D eigenvalue weighted by Gasteiger charge is -2.34. The molecule has 0 bridgehead atoms. The normalized spacial score (nSPS) is 15.2. The number of hydrogen-bond donors (Lipinski definition) is 2. The molecule has 0 aliphatic heterocycles. The number of amides is 2. The summed E-state index contributed by atoms with van der Waals surface area (Å²) in [6.45, 7) is 0.524. The minimum atomic E-state index is -0.0322. The molecule has 17 heavy (non-hydrogen) atoms. The summed E-state index contributed by atoms with van der Waals surface area (Å²) in [4.78, 5) is 13.7. The van der Waals surface area contributed by atoms with E-state index in [0.717, 1.165) is 24.1 Å². The molecule has 4 nitrogen and oxygen atoms in total. The second-order valence-corrected chi connectivity index (χ2v) is 4.53. The predicted molar refractivity (Wildman–Crippen MR) is 68.8 cm³/mol. The van der Waals surface area contributed by atoms with Crippen molar-refractivity contribution in [1.29, 1.82) is 0 Å². The van der Waals surface area contributed by atoms with Crippen molar-refractivity contribution in [1.82, 2.24) is 4.90 Å². The average Bonchev–Trinajstić information content (AvgIpc) is 2.27. The summed E-state index contributed by atoms with van der Waals surface area (Å²) in [5.74, 6) is 0. The summed E-state index contributed by atoms with van der Waals surface area (Å²) < 4.78 is 0. The summed E-state index contributed by atoms with van der Waals surface area (Å²) in [7, 11) is 1.85. The summed E-state index contributed by atoms with van der Waals surface area (Å²) in [5, 5.41) is 2.89. The molecular weight excluding hydrogens is 214 g/mol. The van der Waals surface area contributed by atoms with Crippen LogP contribution in [0.25, 0.3) is 0 Å². The summed E-state index contributed by atoms with van der Waals surface area (Å²) >= 11 is 0. The van der Waals surface area contributed by atoms with Crippen molar-refractivity contribution in [3.8, 4) is 0 Å². The van der Waals surface area contributed by atoms with Crippen molar-refractivity contribution in [2.24, 2.45) is 5.73 Å². The highest BCUT2D eigenvalue weighted by Gasteiger charge is 2.25. The van der Waals surface area contributed by atoms with Crippen LogP contribution in [-0.2, 0) is 6.54 Å². The lowest BCUT2D eigenvalue weighted by atomic mass is 9.92. The number of carbonyl (C=O) groups is 1. The van der Waals surface area contributed by atoms with Crippen LogP contribution in [0.5, 0.6) is 0 Å². The maximum atomic E-state index is 11.9. The van der Waals surface area contributed by atoms with E-state index in [2.05, 4.69) is 5.32 Å². The number of hydrogen-bond acceptors (Lipinski definition) is 2. The molecule has 0 radical (unpaired) electrons. The molecule has 3 N–H and O–H groups in total. The molecule has 0 heterocycles. The van der Waals surface area contributed by atoms with Gasteiger partial charge < -0.3 is 16.0 Å². The van der Waals surface area contributed by atoms with E-state index in [9.17, 15) is 4.79 Å². The van der Waals surface area contributed by atoms with Gasteiger partial charge >= 0.3 is 6.03 Å². The molecule has 1 saturated carbocycles. The third kappa shape index (κ3) is 2.77. The number of nitrogens with one attached hydrogen (secondary N) is 1. The van der Waals surface area contributed by atoms with Crippen LogP contribution in [0.2, 0.25) is 0 Å². The zero-order chi connectivity index (χ0) is 12.3. The molecule has 0 unspecified atom stereocenters. The van der Waals surface area contributed by atoms with Crippen molar-refractivity contribution < 1.29 is 4.79 Å². The van der Waals surface area contributed by atoms with E-state index in [4.69, 9.17) is 5.73 Å². The molecule has 92 valence electrons. The molecule has 1 aromatic rings. The lowest BCUT2D eigenvalue weighted by molar-refractivity contribution is 0.169. The highest BCUT2D eigenvalue weighted by molar-refractivity contribution is 5.89. The Morgan fingerprint density at radius 2 is 2.06 bits per heavy atom. The molecule has 2 rings (SSSR count). The van der Waals surface area contributed by atoms with Gasteiger partial charge in [0.15, 0.2) is 0 Å². The van der Waals surface area contributed by atoms with Crippen molar-refractivity contribution in [3.63, 3.8) is 0 Å². The van der Waals surface area contributed by atoms with E-state index >= 15 is 0 Å². The molecule has 0 saturated heterocycles. The number of anilines is 1. The van der Waals surface area contributed by atoms with Gasteiger partial charge in [-0.2, -0.15) is 0 Å². The molecule has 1 fully saturated rings. The fraction of sp³-hybridized carbons (Fsp3) is 0.462. The van der Waals surface area contributed by atoms with Crippen LogP contribution in [0.1, 0.15) is 24.8 Å². The molecule has 1 aliphatic carbocycles. The van der Waals surface area contributed by atoms with E-state index in [-0.39, 0.29) is 6.03 Å². The van der Waals surface area contributed by atoms with Crippen LogP contribution in [0.4, 0.5) is 10.5 Å². The van der Waals surface area contributed by atoms with E-state index < -0.39 is 0 Å². The number of nitrogens with two attached hydrogens (primary N) is 1. The predicted octanol–water partition coefficient (Wildman–Crippen LogP) is 2.16. The summed E-state index contributed by atoms with van der Waals surface area (Å²) in [6.07, 6.45) is 3.47. The number of benzene rings is 1. The Balaban J connectivity index is 1.92. The minimum Gasteiger partial charge on any atom is -0.326 e. The Bertz CT molecular complexity index is 384. The minimum absolute atomic E-state index is 0.0322. The molecule has 0 spiro atoms. The first-order chi connectivity index (χ1) is 8.20.